The first kappa shape index (κ1) is 16.8. The van der Waals surface area contributed by atoms with E-state index in [4.69, 9.17) is 6.42 Å². The normalized spacial score (nSPS) is 11.5. The summed E-state index contributed by atoms with van der Waals surface area (Å²) in [5, 5.41) is 5.19. The Labute approximate surface area is 126 Å². The minimum atomic E-state index is -0.275. The van der Waals surface area contributed by atoms with Gasteiger partial charge in [-0.05, 0) is 17.9 Å². The number of rotatable bonds is 7. The zero-order valence-corrected chi connectivity index (χ0v) is 12.6. The van der Waals surface area contributed by atoms with Gasteiger partial charge in [0.2, 0.25) is 11.8 Å². The molecule has 0 spiro atoms. The molecule has 4 nitrogen and oxygen atoms in total. The lowest BCUT2D eigenvalue weighted by molar-refractivity contribution is -0.129. The fourth-order valence-electron chi connectivity index (χ4n) is 2.01. The van der Waals surface area contributed by atoms with Gasteiger partial charge in [-0.15, -0.1) is 6.42 Å². The highest BCUT2D eigenvalue weighted by Crippen LogP contribution is 2.17. The maximum atomic E-state index is 12.2. The van der Waals surface area contributed by atoms with Crippen LogP contribution in [-0.2, 0) is 16.0 Å². The Hall–Kier alpha value is -2.28. The van der Waals surface area contributed by atoms with E-state index in [1.165, 1.54) is 0 Å². The van der Waals surface area contributed by atoms with Crippen LogP contribution < -0.4 is 10.6 Å². The van der Waals surface area contributed by atoms with Crippen LogP contribution >= 0.6 is 0 Å². The molecule has 0 fully saturated rings. The molecule has 0 aliphatic carbocycles. The van der Waals surface area contributed by atoms with E-state index in [1.807, 2.05) is 44.2 Å². The van der Waals surface area contributed by atoms with Crippen LogP contribution in [0, 0.1) is 24.2 Å². The highest BCUT2D eigenvalue weighted by molar-refractivity contribution is 5.86. The van der Waals surface area contributed by atoms with Gasteiger partial charge in [0.05, 0.1) is 13.1 Å². The minimum absolute atomic E-state index is 0.0431. The van der Waals surface area contributed by atoms with E-state index in [-0.39, 0.29) is 36.7 Å². The van der Waals surface area contributed by atoms with Gasteiger partial charge in [-0.25, -0.2) is 0 Å². The lowest BCUT2D eigenvalue weighted by Gasteiger charge is -2.20. The van der Waals surface area contributed by atoms with Crippen molar-refractivity contribution in [2.45, 2.75) is 20.3 Å². The zero-order chi connectivity index (χ0) is 15.7. The molecule has 0 aromatic heterocycles. The van der Waals surface area contributed by atoms with Crippen molar-refractivity contribution in [3.63, 3.8) is 0 Å². The van der Waals surface area contributed by atoms with E-state index >= 15 is 0 Å². The molecule has 21 heavy (non-hydrogen) atoms. The smallest absolute Gasteiger partial charge is 0.240 e. The van der Waals surface area contributed by atoms with Gasteiger partial charge in [0.25, 0.3) is 0 Å². The van der Waals surface area contributed by atoms with Crippen molar-refractivity contribution in [1.29, 1.82) is 0 Å². The molecular formula is C17H22N2O2. The number of terminal acetylenes is 1. The molecule has 0 aliphatic rings. The fraction of sp³-hybridized carbons (Fsp3) is 0.412. The number of benzene rings is 1. The monoisotopic (exact) mass is 286 g/mol. The Balaban J connectivity index is 2.54. The predicted octanol–water partition coefficient (Wildman–Crippen LogP) is 1.37. The molecule has 0 saturated heterocycles. The number of amides is 2. The molecule has 112 valence electrons. The van der Waals surface area contributed by atoms with Crippen molar-refractivity contribution in [3.05, 3.63) is 35.9 Å². The summed E-state index contributed by atoms with van der Waals surface area (Å²) in [4.78, 5) is 23.7. The van der Waals surface area contributed by atoms with Gasteiger partial charge < -0.3 is 10.6 Å². The number of hydrogen-bond donors (Lipinski definition) is 2. The standard InChI is InChI=1S/C17H22N2O2/c1-4-10-18-16(20)12-19-17(21)15(13(2)3)11-14-8-6-5-7-9-14/h1,5-9,13,15H,10-12H2,2-3H3,(H,18,20)(H,19,21)/t15-/m1/s1. The summed E-state index contributed by atoms with van der Waals surface area (Å²) in [6.07, 6.45) is 5.72. The van der Waals surface area contributed by atoms with Gasteiger partial charge in [0.15, 0.2) is 0 Å². The van der Waals surface area contributed by atoms with Gasteiger partial charge in [0.1, 0.15) is 0 Å². The third-order valence-corrected chi connectivity index (χ3v) is 3.25. The lowest BCUT2D eigenvalue weighted by atomic mass is 9.88. The van der Waals surface area contributed by atoms with Gasteiger partial charge >= 0.3 is 0 Å². The van der Waals surface area contributed by atoms with E-state index in [0.717, 1.165) is 5.56 Å². The third-order valence-electron chi connectivity index (χ3n) is 3.25. The maximum Gasteiger partial charge on any atom is 0.240 e. The highest BCUT2D eigenvalue weighted by atomic mass is 16.2. The van der Waals surface area contributed by atoms with E-state index < -0.39 is 0 Å². The Morgan fingerprint density at radius 2 is 1.86 bits per heavy atom. The Bertz CT molecular complexity index is 503. The zero-order valence-electron chi connectivity index (χ0n) is 12.6. The maximum absolute atomic E-state index is 12.2. The molecule has 2 amide bonds. The summed E-state index contributed by atoms with van der Waals surface area (Å²) in [6, 6.07) is 9.87. The predicted molar refractivity (Wildman–Crippen MR) is 83.3 cm³/mol. The number of nitrogens with one attached hydrogen (secondary N) is 2. The van der Waals surface area contributed by atoms with Crippen LogP contribution in [0.1, 0.15) is 19.4 Å². The molecule has 1 rings (SSSR count). The second-order valence-corrected chi connectivity index (χ2v) is 5.24. The quantitative estimate of drug-likeness (QED) is 0.744. The molecule has 1 atom stereocenters. The van der Waals surface area contributed by atoms with Gasteiger partial charge in [-0.1, -0.05) is 50.1 Å². The fourth-order valence-corrected chi connectivity index (χ4v) is 2.01. The molecule has 0 radical (unpaired) electrons. The van der Waals surface area contributed by atoms with Crippen LogP contribution in [0.3, 0.4) is 0 Å². The minimum Gasteiger partial charge on any atom is -0.347 e. The number of hydrogen-bond acceptors (Lipinski definition) is 2. The Morgan fingerprint density at radius 1 is 1.19 bits per heavy atom. The van der Waals surface area contributed by atoms with Gasteiger partial charge in [0, 0.05) is 5.92 Å². The molecule has 0 saturated carbocycles. The first-order valence-electron chi connectivity index (χ1n) is 7.06. The Kier molecular flexibility index (Phi) is 7.03. The summed E-state index contributed by atoms with van der Waals surface area (Å²) in [7, 11) is 0. The molecule has 1 aromatic rings. The topological polar surface area (TPSA) is 58.2 Å². The molecular weight excluding hydrogens is 264 g/mol. The average molecular weight is 286 g/mol. The summed E-state index contributed by atoms with van der Waals surface area (Å²) in [5.74, 6) is 1.97. The first-order chi connectivity index (χ1) is 10.0. The van der Waals surface area contributed by atoms with Crippen LogP contribution in [0.2, 0.25) is 0 Å². The van der Waals surface area contributed by atoms with Crippen LogP contribution in [0.4, 0.5) is 0 Å². The molecule has 1 aromatic carbocycles. The summed E-state index contributed by atoms with van der Waals surface area (Å²) in [5.41, 5.74) is 1.11. The van der Waals surface area contributed by atoms with E-state index in [2.05, 4.69) is 16.6 Å². The van der Waals surface area contributed by atoms with Crippen LogP contribution in [-0.4, -0.2) is 24.9 Å². The van der Waals surface area contributed by atoms with E-state index in [0.29, 0.717) is 6.42 Å². The second kappa shape index (κ2) is 8.80. The van der Waals surface area contributed by atoms with Crippen LogP contribution in [0.15, 0.2) is 30.3 Å². The largest absolute Gasteiger partial charge is 0.347 e. The molecule has 2 N–H and O–H groups in total. The molecule has 0 bridgehead atoms. The van der Waals surface area contributed by atoms with Crippen molar-refractivity contribution in [3.8, 4) is 12.3 Å². The molecule has 0 unspecified atom stereocenters. The second-order valence-electron chi connectivity index (χ2n) is 5.24. The summed E-state index contributed by atoms with van der Waals surface area (Å²) >= 11 is 0. The van der Waals surface area contributed by atoms with Crippen LogP contribution in [0.5, 0.6) is 0 Å². The first-order valence-corrected chi connectivity index (χ1v) is 7.06. The van der Waals surface area contributed by atoms with Gasteiger partial charge in [-0.3, -0.25) is 9.59 Å². The number of carbonyl (C=O) groups excluding carboxylic acids is 2. The SMILES string of the molecule is C#CCNC(=O)CNC(=O)[C@H](Cc1ccccc1)C(C)C. The molecule has 0 heterocycles. The van der Waals surface area contributed by atoms with Crippen LogP contribution in [0.25, 0.3) is 0 Å². The van der Waals surface area contributed by atoms with Crippen molar-refractivity contribution >= 4 is 11.8 Å². The van der Waals surface area contributed by atoms with Crippen molar-refractivity contribution in [1.82, 2.24) is 10.6 Å². The van der Waals surface area contributed by atoms with Gasteiger partial charge in [-0.2, -0.15) is 0 Å². The average Bonchev–Trinajstić information content (AvgIpc) is 2.48. The third kappa shape index (κ3) is 6.13. The highest BCUT2D eigenvalue weighted by Gasteiger charge is 2.22. The van der Waals surface area contributed by atoms with E-state index in [9.17, 15) is 9.59 Å². The summed E-state index contributed by atoms with van der Waals surface area (Å²) in [6.45, 7) is 4.14. The molecule has 0 aliphatic heterocycles. The van der Waals surface area contributed by atoms with Crippen molar-refractivity contribution in [2.24, 2.45) is 11.8 Å². The van der Waals surface area contributed by atoms with E-state index in [1.54, 1.807) is 0 Å². The van der Waals surface area contributed by atoms with Crippen molar-refractivity contribution in [2.75, 3.05) is 13.1 Å². The lowest BCUT2D eigenvalue weighted by Crippen LogP contribution is -2.41. The number of carbonyl (C=O) groups is 2. The van der Waals surface area contributed by atoms with Crippen molar-refractivity contribution < 1.29 is 9.59 Å². The molecule has 4 heteroatoms. The summed E-state index contributed by atoms with van der Waals surface area (Å²) < 4.78 is 0. The Morgan fingerprint density at radius 3 is 2.43 bits per heavy atom.